The molecule has 2 heterocycles. The Labute approximate surface area is 213 Å². The number of aliphatic hydroxyl groups is 3. The van der Waals surface area contributed by atoms with Gasteiger partial charge in [0.25, 0.3) is 0 Å². The van der Waals surface area contributed by atoms with Crippen LogP contribution in [0.15, 0.2) is 0 Å². The molecule has 35 heavy (non-hydrogen) atoms. The molecule has 0 aromatic heterocycles. The molecule has 5 unspecified atom stereocenters. The maximum atomic E-state index is 11.8. The Morgan fingerprint density at radius 3 is 2.34 bits per heavy atom. The van der Waals surface area contributed by atoms with Crippen LogP contribution in [-0.4, -0.2) is 93.9 Å². The SMILES string of the molecule is CN1CCN(C2C(O)C(O)(O)C[C@@H]3CCC4C5CCC[C@@]5(C)CCC4[C@@]23C)[C@@H](N2CCCCC2)C1. The van der Waals surface area contributed by atoms with E-state index in [1.807, 2.05) is 0 Å². The van der Waals surface area contributed by atoms with Crippen molar-refractivity contribution in [2.75, 3.05) is 39.8 Å². The molecule has 9 atom stereocenters. The molecular weight excluding hydrogens is 438 g/mol. The first-order valence-electron chi connectivity index (χ1n) is 15.0. The van der Waals surface area contributed by atoms with Gasteiger partial charge in [-0.05, 0) is 106 Å². The molecule has 0 aromatic carbocycles. The van der Waals surface area contributed by atoms with Crippen LogP contribution in [-0.2, 0) is 0 Å². The molecule has 6 aliphatic rings. The molecular formula is C29H51N3O3. The molecule has 6 rings (SSSR count). The average molecular weight is 490 g/mol. The van der Waals surface area contributed by atoms with Crippen LogP contribution in [0, 0.1) is 34.5 Å². The standard InChI is InChI=1S/C29H51N3O3/c1-27-12-7-8-22(27)21-10-9-20-18-29(34,35)26(33)25(28(20,2)23(21)11-13-27)32-17-16-30(3)19-24(32)31-14-5-4-6-15-31/h20-26,33-35H,4-19H2,1-3H3/t20-,21?,22?,23?,24+,25?,26?,27-,28-/m0/s1. The van der Waals surface area contributed by atoms with Crippen LogP contribution in [0.25, 0.3) is 0 Å². The summed E-state index contributed by atoms with van der Waals surface area (Å²) in [6.45, 7) is 10.1. The molecule has 4 aliphatic carbocycles. The normalized spacial score (nSPS) is 51.4. The fourth-order valence-corrected chi connectivity index (χ4v) is 10.6. The van der Waals surface area contributed by atoms with Crippen molar-refractivity contribution < 1.29 is 15.3 Å². The van der Waals surface area contributed by atoms with Crippen molar-refractivity contribution in [1.82, 2.24) is 14.7 Å². The van der Waals surface area contributed by atoms with E-state index >= 15 is 0 Å². The predicted molar refractivity (Wildman–Crippen MR) is 137 cm³/mol. The predicted octanol–water partition coefficient (Wildman–Crippen LogP) is 3.11. The zero-order valence-electron chi connectivity index (χ0n) is 22.5. The number of likely N-dealkylation sites (tertiary alicyclic amines) is 1. The molecule has 6 heteroatoms. The molecule has 2 aliphatic heterocycles. The van der Waals surface area contributed by atoms with E-state index in [-0.39, 0.29) is 23.5 Å². The second kappa shape index (κ2) is 8.91. The quantitative estimate of drug-likeness (QED) is 0.518. The number of hydrogen-bond donors (Lipinski definition) is 3. The highest BCUT2D eigenvalue weighted by Crippen LogP contribution is 2.67. The van der Waals surface area contributed by atoms with Crippen LogP contribution in [0.2, 0.25) is 0 Å². The number of nitrogens with zero attached hydrogens (tertiary/aromatic N) is 3. The Kier molecular flexibility index (Phi) is 6.38. The Hall–Kier alpha value is -0.240. The second-order valence-corrected chi connectivity index (χ2v) is 14.2. The third-order valence-corrected chi connectivity index (χ3v) is 12.5. The molecule has 6 nitrogen and oxygen atoms in total. The molecule has 0 bridgehead atoms. The highest BCUT2D eigenvalue weighted by atomic mass is 16.5. The minimum Gasteiger partial charge on any atom is -0.386 e. The molecule has 3 N–H and O–H groups in total. The molecule has 0 amide bonds. The number of fused-ring (bicyclic) bond motifs is 5. The van der Waals surface area contributed by atoms with Crippen molar-refractivity contribution in [3.8, 4) is 0 Å². The molecule has 0 radical (unpaired) electrons. The monoisotopic (exact) mass is 489 g/mol. The fourth-order valence-electron chi connectivity index (χ4n) is 10.6. The topological polar surface area (TPSA) is 70.4 Å². The molecule has 0 aromatic rings. The maximum absolute atomic E-state index is 11.8. The first-order valence-corrected chi connectivity index (χ1v) is 15.0. The minimum absolute atomic E-state index is 0.0782. The Bertz CT molecular complexity index is 787. The number of piperazine rings is 1. The second-order valence-electron chi connectivity index (χ2n) is 14.2. The van der Waals surface area contributed by atoms with E-state index < -0.39 is 11.9 Å². The lowest BCUT2D eigenvalue weighted by molar-refractivity contribution is -0.315. The summed E-state index contributed by atoms with van der Waals surface area (Å²) >= 11 is 0. The van der Waals surface area contributed by atoms with Gasteiger partial charge in [0, 0.05) is 32.1 Å². The summed E-state index contributed by atoms with van der Waals surface area (Å²) < 4.78 is 0. The van der Waals surface area contributed by atoms with Gasteiger partial charge >= 0.3 is 0 Å². The van der Waals surface area contributed by atoms with E-state index in [4.69, 9.17) is 0 Å². The van der Waals surface area contributed by atoms with Crippen molar-refractivity contribution in [1.29, 1.82) is 0 Å². The first-order chi connectivity index (χ1) is 16.6. The van der Waals surface area contributed by atoms with Crippen molar-refractivity contribution >= 4 is 0 Å². The molecule has 6 fully saturated rings. The van der Waals surface area contributed by atoms with E-state index in [1.165, 1.54) is 57.8 Å². The van der Waals surface area contributed by atoms with Crippen molar-refractivity contribution in [3.63, 3.8) is 0 Å². The van der Waals surface area contributed by atoms with Crippen LogP contribution in [0.3, 0.4) is 0 Å². The largest absolute Gasteiger partial charge is 0.386 e. The van der Waals surface area contributed by atoms with Crippen molar-refractivity contribution in [3.05, 3.63) is 0 Å². The molecule has 2 saturated heterocycles. The third kappa shape index (κ3) is 3.87. The van der Waals surface area contributed by atoms with E-state index in [0.717, 1.165) is 51.0 Å². The number of likely N-dealkylation sites (N-methyl/N-ethyl adjacent to an activating group) is 1. The van der Waals surface area contributed by atoms with Gasteiger partial charge in [0.1, 0.15) is 6.10 Å². The molecule has 200 valence electrons. The summed E-state index contributed by atoms with van der Waals surface area (Å²) in [7, 11) is 2.22. The van der Waals surface area contributed by atoms with Crippen LogP contribution >= 0.6 is 0 Å². The van der Waals surface area contributed by atoms with Crippen molar-refractivity contribution in [2.24, 2.45) is 34.5 Å². The number of rotatable bonds is 2. The number of aliphatic hydroxyl groups excluding tert-OH is 1. The van der Waals surface area contributed by atoms with E-state index in [2.05, 4.69) is 35.6 Å². The lowest BCUT2D eigenvalue weighted by atomic mass is 9.43. The first kappa shape index (κ1) is 25.1. The lowest BCUT2D eigenvalue weighted by Gasteiger charge is -2.67. The Morgan fingerprint density at radius 1 is 0.800 bits per heavy atom. The van der Waals surface area contributed by atoms with E-state index in [1.54, 1.807) is 0 Å². The van der Waals surface area contributed by atoms with Gasteiger partial charge < -0.3 is 20.2 Å². The van der Waals surface area contributed by atoms with Crippen LogP contribution in [0.5, 0.6) is 0 Å². The fraction of sp³-hybridized carbons (Fsp3) is 1.00. The van der Waals surface area contributed by atoms with Crippen LogP contribution < -0.4 is 0 Å². The zero-order chi connectivity index (χ0) is 24.6. The minimum atomic E-state index is -1.99. The van der Waals surface area contributed by atoms with Gasteiger partial charge in [0.05, 0.1) is 6.17 Å². The lowest BCUT2D eigenvalue weighted by Crippen LogP contribution is -2.76. The zero-order valence-corrected chi connectivity index (χ0v) is 22.5. The maximum Gasteiger partial charge on any atom is 0.191 e. The van der Waals surface area contributed by atoms with Gasteiger partial charge in [-0.15, -0.1) is 0 Å². The Morgan fingerprint density at radius 2 is 1.57 bits per heavy atom. The van der Waals surface area contributed by atoms with Gasteiger partial charge in [-0.3, -0.25) is 9.80 Å². The van der Waals surface area contributed by atoms with Gasteiger partial charge in [-0.2, -0.15) is 0 Å². The van der Waals surface area contributed by atoms with E-state index in [0.29, 0.717) is 17.8 Å². The van der Waals surface area contributed by atoms with E-state index in [9.17, 15) is 15.3 Å². The Balaban J connectivity index is 1.39. The van der Waals surface area contributed by atoms with Gasteiger partial charge in [-0.1, -0.05) is 26.7 Å². The molecule has 4 saturated carbocycles. The summed E-state index contributed by atoms with van der Waals surface area (Å²) in [6.07, 6.45) is 12.3. The number of hydrogen-bond acceptors (Lipinski definition) is 6. The average Bonchev–Trinajstić information content (AvgIpc) is 3.23. The summed E-state index contributed by atoms with van der Waals surface area (Å²) in [6, 6.07) is -0.199. The van der Waals surface area contributed by atoms with Gasteiger partial charge in [-0.25, -0.2) is 0 Å². The van der Waals surface area contributed by atoms with Gasteiger partial charge in [0.15, 0.2) is 5.79 Å². The summed E-state index contributed by atoms with van der Waals surface area (Å²) in [5.74, 6) is 0.401. The van der Waals surface area contributed by atoms with Crippen LogP contribution in [0.1, 0.15) is 84.5 Å². The number of piperidine rings is 1. The summed E-state index contributed by atoms with van der Waals surface area (Å²) in [5, 5.41) is 34.2. The van der Waals surface area contributed by atoms with Crippen LogP contribution in [0.4, 0.5) is 0 Å². The highest BCUT2D eigenvalue weighted by molar-refractivity contribution is 5.16. The van der Waals surface area contributed by atoms with Crippen molar-refractivity contribution in [2.45, 2.75) is 109 Å². The highest BCUT2D eigenvalue weighted by Gasteiger charge is 2.67. The smallest absolute Gasteiger partial charge is 0.191 e. The third-order valence-electron chi connectivity index (χ3n) is 12.5. The summed E-state index contributed by atoms with van der Waals surface area (Å²) in [5.41, 5.74) is 0.431. The molecule has 0 spiro atoms. The van der Waals surface area contributed by atoms with Gasteiger partial charge in [0.2, 0.25) is 0 Å². The summed E-state index contributed by atoms with van der Waals surface area (Å²) in [4.78, 5) is 7.66.